The van der Waals surface area contributed by atoms with Gasteiger partial charge in [-0.15, -0.1) is 0 Å². The number of hydrogen-bond acceptors (Lipinski definition) is 2. The molecule has 0 aliphatic heterocycles. The number of amides is 1. The maximum Gasteiger partial charge on any atom is 0.228 e. The van der Waals surface area contributed by atoms with Gasteiger partial charge in [0.05, 0.1) is 6.42 Å². The summed E-state index contributed by atoms with van der Waals surface area (Å²) in [6.07, 6.45) is 0.308. The molecule has 0 unspecified atom stereocenters. The van der Waals surface area contributed by atoms with E-state index in [2.05, 4.69) is 5.32 Å². The molecule has 2 rings (SSSR count). The highest BCUT2D eigenvalue weighted by atomic mass is 35.5. The van der Waals surface area contributed by atoms with Gasteiger partial charge < -0.3 is 10.7 Å². The minimum atomic E-state index is -0.0772. The first-order chi connectivity index (χ1) is 9.54. The predicted molar refractivity (Wildman–Crippen MR) is 82.7 cm³/mol. The number of nitrogens with one attached hydrogen (secondary N) is 2. The lowest BCUT2D eigenvalue weighted by atomic mass is 10.1. The highest BCUT2D eigenvalue weighted by molar-refractivity contribution is 6.30. The Labute approximate surface area is 123 Å². The van der Waals surface area contributed by atoms with Gasteiger partial charge in [-0.25, -0.2) is 0 Å². The van der Waals surface area contributed by atoms with Crippen LogP contribution in [0.15, 0.2) is 48.5 Å². The van der Waals surface area contributed by atoms with Gasteiger partial charge in [0.2, 0.25) is 5.91 Å². The third-order valence-electron chi connectivity index (χ3n) is 2.88. The monoisotopic (exact) mass is 286 g/mol. The summed E-state index contributed by atoms with van der Waals surface area (Å²) in [6.45, 7) is 1.73. The molecule has 2 aromatic carbocycles. The minimum absolute atomic E-state index is 0.0772. The van der Waals surface area contributed by atoms with E-state index >= 15 is 0 Å². The molecule has 0 radical (unpaired) electrons. The molecule has 2 N–H and O–H groups in total. The van der Waals surface area contributed by atoms with E-state index in [0.717, 1.165) is 16.8 Å². The van der Waals surface area contributed by atoms with Crippen LogP contribution in [0, 0.1) is 5.41 Å². The van der Waals surface area contributed by atoms with Gasteiger partial charge in [-0.3, -0.25) is 4.79 Å². The number of carbonyl (C=O) groups is 1. The summed E-state index contributed by atoms with van der Waals surface area (Å²) < 4.78 is 0. The van der Waals surface area contributed by atoms with Crippen LogP contribution in [0.3, 0.4) is 0 Å². The SMILES string of the molecule is CC(=N)c1ccc(NC(=O)Cc2ccc(Cl)cc2)cc1. The lowest BCUT2D eigenvalue weighted by Gasteiger charge is -2.06. The van der Waals surface area contributed by atoms with E-state index in [1.807, 2.05) is 24.3 Å². The molecule has 0 heterocycles. The number of hydrogen-bond donors (Lipinski definition) is 2. The summed E-state index contributed by atoms with van der Waals surface area (Å²) in [5.41, 5.74) is 3.00. The summed E-state index contributed by atoms with van der Waals surface area (Å²) in [7, 11) is 0. The van der Waals surface area contributed by atoms with Gasteiger partial charge in [-0.2, -0.15) is 0 Å². The second-order valence-electron chi connectivity index (χ2n) is 4.55. The highest BCUT2D eigenvalue weighted by Gasteiger charge is 2.04. The van der Waals surface area contributed by atoms with Crippen LogP contribution in [-0.2, 0) is 11.2 Å². The molecule has 0 fully saturated rings. The minimum Gasteiger partial charge on any atom is -0.326 e. The van der Waals surface area contributed by atoms with Crippen LogP contribution in [-0.4, -0.2) is 11.6 Å². The van der Waals surface area contributed by atoms with Crippen molar-refractivity contribution in [2.45, 2.75) is 13.3 Å². The van der Waals surface area contributed by atoms with E-state index < -0.39 is 0 Å². The molecular formula is C16H15ClN2O. The Morgan fingerprint density at radius 2 is 1.70 bits per heavy atom. The first-order valence-electron chi connectivity index (χ1n) is 6.24. The predicted octanol–water partition coefficient (Wildman–Crippen LogP) is 3.91. The van der Waals surface area contributed by atoms with Crippen molar-refractivity contribution in [3.05, 3.63) is 64.7 Å². The fourth-order valence-corrected chi connectivity index (χ4v) is 1.92. The Balaban J connectivity index is 1.97. The molecule has 0 aliphatic carbocycles. The molecule has 4 heteroatoms. The lowest BCUT2D eigenvalue weighted by molar-refractivity contribution is -0.115. The largest absolute Gasteiger partial charge is 0.326 e. The van der Waals surface area contributed by atoms with E-state index in [1.165, 1.54) is 0 Å². The van der Waals surface area contributed by atoms with Crippen LogP contribution in [0.2, 0.25) is 5.02 Å². The number of benzene rings is 2. The Bertz CT molecular complexity index is 618. The van der Waals surface area contributed by atoms with Crippen molar-refractivity contribution in [3.8, 4) is 0 Å². The fourth-order valence-electron chi connectivity index (χ4n) is 1.80. The van der Waals surface area contributed by atoms with Gasteiger partial charge in [0.25, 0.3) is 0 Å². The molecule has 2 aromatic rings. The topological polar surface area (TPSA) is 53.0 Å². The normalized spacial score (nSPS) is 10.1. The van der Waals surface area contributed by atoms with E-state index in [4.69, 9.17) is 17.0 Å². The van der Waals surface area contributed by atoms with Crippen molar-refractivity contribution < 1.29 is 4.79 Å². The van der Waals surface area contributed by atoms with Gasteiger partial charge in [-0.1, -0.05) is 35.9 Å². The molecule has 0 saturated carbocycles. The van der Waals surface area contributed by atoms with Crippen LogP contribution in [0.1, 0.15) is 18.1 Å². The smallest absolute Gasteiger partial charge is 0.228 e. The second-order valence-corrected chi connectivity index (χ2v) is 4.99. The molecular weight excluding hydrogens is 272 g/mol. The van der Waals surface area contributed by atoms with E-state index in [0.29, 0.717) is 17.2 Å². The summed E-state index contributed by atoms with van der Waals surface area (Å²) >= 11 is 5.80. The fraction of sp³-hybridized carbons (Fsp3) is 0.125. The lowest BCUT2D eigenvalue weighted by Crippen LogP contribution is -2.14. The van der Waals surface area contributed by atoms with E-state index in [1.54, 1.807) is 31.2 Å². The molecule has 20 heavy (non-hydrogen) atoms. The van der Waals surface area contributed by atoms with Crippen LogP contribution in [0.4, 0.5) is 5.69 Å². The zero-order chi connectivity index (χ0) is 14.5. The second kappa shape index (κ2) is 6.35. The highest BCUT2D eigenvalue weighted by Crippen LogP contribution is 2.12. The van der Waals surface area contributed by atoms with Crippen molar-refractivity contribution in [2.75, 3.05) is 5.32 Å². The Hall–Kier alpha value is -2.13. The maximum absolute atomic E-state index is 11.9. The molecule has 0 aliphatic rings. The van der Waals surface area contributed by atoms with Crippen LogP contribution in [0.5, 0.6) is 0 Å². The van der Waals surface area contributed by atoms with Crippen molar-refractivity contribution in [3.63, 3.8) is 0 Å². The van der Waals surface area contributed by atoms with E-state index in [9.17, 15) is 4.79 Å². The zero-order valence-electron chi connectivity index (χ0n) is 11.1. The standard InChI is InChI=1S/C16H15ClN2O/c1-11(18)13-4-8-15(9-5-13)19-16(20)10-12-2-6-14(17)7-3-12/h2-9,18H,10H2,1H3,(H,19,20). The maximum atomic E-state index is 11.9. The van der Waals surface area contributed by atoms with Crippen molar-refractivity contribution in [1.29, 1.82) is 5.41 Å². The Morgan fingerprint density at radius 1 is 1.10 bits per heavy atom. The van der Waals surface area contributed by atoms with Crippen LogP contribution >= 0.6 is 11.6 Å². The number of rotatable bonds is 4. The van der Waals surface area contributed by atoms with Crippen molar-refractivity contribution >= 4 is 28.9 Å². The molecule has 102 valence electrons. The van der Waals surface area contributed by atoms with Gasteiger partial charge >= 0.3 is 0 Å². The Morgan fingerprint density at radius 3 is 2.25 bits per heavy atom. The molecule has 1 amide bonds. The molecule has 0 saturated heterocycles. The number of halogens is 1. The molecule has 0 aromatic heterocycles. The average Bonchev–Trinajstić information content (AvgIpc) is 2.42. The number of carbonyl (C=O) groups excluding carboxylic acids is 1. The van der Waals surface area contributed by atoms with E-state index in [-0.39, 0.29) is 5.91 Å². The van der Waals surface area contributed by atoms with Gasteiger partial charge in [0.1, 0.15) is 0 Å². The molecule has 0 bridgehead atoms. The zero-order valence-corrected chi connectivity index (χ0v) is 11.9. The summed E-state index contributed by atoms with van der Waals surface area (Å²) in [4.78, 5) is 11.9. The van der Waals surface area contributed by atoms with Gasteiger partial charge in [0.15, 0.2) is 0 Å². The first kappa shape index (κ1) is 14.3. The van der Waals surface area contributed by atoms with Crippen LogP contribution < -0.4 is 5.32 Å². The quantitative estimate of drug-likeness (QED) is 0.823. The summed E-state index contributed by atoms with van der Waals surface area (Å²) in [5.74, 6) is -0.0772. The Kier molecular flexibility index (Phi) is 4.53. The first-order valence-corrected chi connectivity index (χ1v) is 6.62. The van der Waals surface area contributed by atoms with Gasteiger partial charge in [0, 0.05) is 16.4 Å². The average molecular weight is 287 g/mol. The van der Waals surface area contributed by atoms with Crippen molar-refractivity contribution in [1.82, 2.24) is 0 Å². The molecule has 0 atom stereocenters. The molecule has 3 nitrogen and oxygen atoms in total. The number of anilines is 1. The third-order valence-corrected chi connectivity index (χ3v) is 3.13. The van der Waals surface area contributed by atoms with Crippen LogP contribution in [0.25, 0.3) is 0 Å². The summed E-state index contributed by atoms with van der Waals surface area (Å²) in [6, 6.07) is 14.4. The van der Waals surface area contributed by atoms with Crippen molar-refractivity contribution in [2.24, 2.45) is 0 Å². The third kappa shape index (κ3) is 3.93. The summed E-state index contributed by atoms with van der Waals surface area (Å²) in [5, 5.41) is 11.0. The van der Waals surface area contributed by atoms with Gasteiger partial charge in [-0.05, 0) is 42.3 Å². The molecule has 0 spiro atoms.